The van der Waals surface area contributed by atoms with Crippen LogP contribution in [-0.2, 0) is 6.42 Å². The summed E-state index contributed by atoms with van der Waals surface area (Å²) in [5, 5.41) is 3.26. The van der Waals surface area contributed by atoms with Crippen molar-refractivity contribution in [1.82, 2.24) is 5.32 Å². The molecule has 0 bridgehead atoms. The van der Waals surface area contributed by atoms with Gasteiger partial charge in [0, 0.05) is 17.3 Å². The summed E-state index contributed by atoms with van der Waals surface area (Å²) in [6, 6.07) is 11.1. The summed E-state index contributed by atoms with van der Waals surface area (Å²) in [5.74, 6) is -0.192. The van der Waals surface area contributed by atoms with Gasteiger partial charge in [-0.2, -0.15) is 0 Å². The fourth-order valence-corrected chi connectivity index (χ4v) is 3.27. The summed E-state index contributed by atoms with van der Waals surface area (Å²) in [6.07, 6.45) is 0.915. The zero-order valence-corrected chi connectivity index (χ0v) is 11.8. The van der Waals surface area contributed by atoms with Crippen LogP contribution in [0.15, 0.2) is 40.2 Å². The fraction of sp³-hybridized carbons (Fsp3) is 0.231. The molecule has 0 saturated heterocycles. The molecule has 1 atom stereocenters. The van der Waals surface area contributed by atoms with Gasteiger partial charge in [0.05, 0.1) is 3.79 Å². The number of likely N-dealkylation sites (N-methyl/N-ethyl adjacent to an activating group) is 1. The molecule has 1 aromatic carbocycles. The van der Waals surface area contributed by atoms with Gasteiger partial charge in [0.25, 0.3) is 0 Å². The second-order valence-corrected chi connectivity index (χ2v) is 6.35. The summed E-state index contributed by atoms with van der Waals surface area (Å²) >= 11 is 5.19. The smallest absolute Gasteiger partial charge is 0.123 e. The molecule has 17 heavy (non-hydrogen) atoms. The van der Waals surface area contributed by atoms with Crippen LogP contribution < -0.4 is 5.32 Å². The Morgan fingerprint density at radius 3 is 2.47 bits per heavy atom. The Kier molecular flexibility index (Phi) is 4.31. The number of hydrogen-bond donors (Lipinski definition) is 1. The second-order valence-electron chi connectivity index (χ2n) is 3.80. The van der Waals surface area contributed by atoms with E-state index in [-0.39, 0.29) is 11.9 Å². The number of nitrogens with one attached hydrogen (secondary N) is 1. The van der Waals surface area contributed by atoms with E-state index in [1.54, 1.807) is 11.3 Å². The first-order valence-corrected chi connectivity index (χ1v) is 6.97. The summed E-state index contributed by atoms with van der Waals surface area (Å²) in [7, 11) is 1.93. The minimum Gasteiger partial charge on any atom is -0.313 e. The highest BCUT2D eigenvalue weighted by Gasteiger charge is 2.11. The number of benzene rings is 1. The molecule has 4 heteroatoms. The first kappa shape index (κ1) is 12.7. The van der Waals surface area contributed by atoms with Crippen molar-refractivity contribution in [2.45, 2.75) is 12.5 Å². The lowest BCUT2D eigenvalue weighted by atomic mass is 10.0. The van der Waals surface area contributed by atoms with E-state index in [9.17, 15) is 4.39 Å². The molecule has 2 rings (SSSR count). The Balaban J connectivity index is 2.13. The molecule has 0 fully saturated rings. The van der Waals surface area contributed by atoms with Gasteiger partial charge < -0.3 is 5.32 Å². The standard InChI is InChI=1S/C13H13BrFNS/c1-16-12(8-11-6-7-13(14)17-11)9-2-4-10(15)5-3-9/h2-7,12,16H,8H2,1H3. The lowest BCUT2D eigenvalue weighted by molar-refractivity contribution is 0.589. The van der Waals surface area contributed by atoms with Crippen molar-refractivity contribution in [3.8, 4) is 0 Å². The first-order valence-electron chi connectivity index (χ1n) is 5.36. The van der Waals surface area contributed by atoms with E-state index in [2.05, 4.69) is 33.4 Å². The molecular formula is C13H13BrFNS. The van der Waals surface area contributed by atoms with Crippen molar-refractivity contribution in [3.05, 3.63) is 56.4 Å². The molecular weight excluding hydrogens is 301 g/mol. The maximum Gasteiger partial charge on any atom is 0.123 e. The largest absolute Gasteiger partial charge is 0.313 e. The van der Waals surface area contributed by atoms with E-state index >= 15 is 0 Å². The van der Waals surface area contributed by atoms with Gasteiger partial charge in [-0.05, 0) is 52.8 Å². The Labute approximate surface area is 113 Å². The predicted molar refractivity (Wildman–Crippen MR) is 73.9 cm³/mol. The number of halogens is 2. The molecule has 0 radical (unpaired) electrons. The van der Waals surface area contributed by atoms with Crippen LogP contribution in [0.5, 0.6) is 0 Å². The summed E-state index contributed by atoms with van der Waals surface area (Å²) in [5.41, 5.74) is 1.11. The number of thiophene rings is 1. The lowest BCUT2D eigenvalue weighted by Crippen LogP contribution is -2.18. The quantitative estimate of drug-likeness (QED) is 0.894. The van der Waals surface area contributed by atoms with Crippen LogP contribution in [0.3, 0.4) is 0 Å². The normalized spacial score (nSPS) is 12.6. The summed E-state index contributed by atoms with van der Waals surface area (Å²) in [6.45, 7) is 0. The molecule has 1 aromatic heterocycles. The van der Waals surface area contributed by atoms with Gasteiger partial charge in [-0.25, -0.2) is 4.39 Å². The van der Waals surface area contributed by atoms with Gasteiger partial charge in [-0.15, -0.1) is 11.3 Å². The Bertz CT molecular complexity index is 480. The van der Waals surface area contributed by atoms with Gasteiger partial charge >= 0.3 is 0 Å². The molecule has 2 aromatic rings. The van der Waals surface area contributed by atoms with Crippen LogP contribution in [0, 0.1) is 5.82 Å². The van der Waals surface area contributed by atoms with E-state index in [4.69, 9.17) is 0 Å². The van der Waals surface area contributed by atoms with Gasteiger partial charge in [-0.3, -0.25) is 0 Å². The average Bonchev–Trinajstić information content (AvgIpc) is 2.73. The third kappa shape index (κ3) is 3.37. The molecule has 0 aliphatic carbocycles. The van der Waals surface area contributed by atoms with Crippen molar-refractivity contribution in [2.24, 2.45) is 0 Å². The Morgan fingerprint density at radius 1 is 1.24 bits per heavy atom. The van der Waals surface area contributed by atoms with Crippen LogP contribution in [-0.4, -0.2) is 7.05 Å². The molecule has 0 spiro atoms. The zero-order chi connectivity index (χ0) is 12.3. The molecule has 0 saturated carbocycles. The number of hydrogen-bond acceptors (Lipinski definition) is 2. The molecule has 1 heterocycles. The average molecular weight is 314 g/mol. The molecule has 90 valence electrons. The van der Waals surface area contributed by atoms with E-state index < -0.39 is 0 Å². The van der Waals surface area contributed by atoms with Crippen molar-refractivity contribution >= 4 is 27.3 Å². The molecule has 0 aliphatic rings. The van der Waals surface area contributed by atoms with Gasteiger partial charge in [0.15, 0.2) is 0 Å². The fourth-order valence-electron chi connectivity index (χ4n) is 1.74. The van der Waals surface area contributed by atoms with E-state index in [1.165, 1.54) is 17.0 Å². The number of rotatable bonds is 4. The van der Waals surface area contributed by atoms with Crippen molar-refractivity contribution in [1.29, 1.82) is 0 Å². The topological polar surface area (TPSA) is 12.0 Å². The second kappa shape index (κ2) is 5.76. The van der Waals surface area contributed by atoms with E-state index in [0.717, 1.165) is 15.8 Å². The molecule has 0 amide bonds. The summed E-state index contributed by atoms with van der Waals surface area (Å²) < 4.78 is 14.0. The van der Waals surface area contributed by atoms with E-state index in [1.807, 2.05) is 19.2 Å². The van der Waals surface area contributed by atoms with Gasteiger partial charge in [0.2, 0.25) is 0 Å². The zero-order valence-electron chi connectivity index (χ0n) is 9.41. The van der Waals surface area contributed by atoms with Crippen LogP contribution in [0.25, 0.3) is 0 Å². The van der Waals surface area contributed by atoms with Crippen LogP contribution in [0.4, 0.5) is 4.39 Å². The maximum absolute atomic E-state index is 12.9. The third-order valence-electron chi connectivity index (χ3n) is 2.66. The third-order valence-corrected chi connectivity index (χ3v) is 4.30. The molecule has 1 nitrogen and oxygen atoms in total. The van der Waals surface area contributed by atoms with Crippen molar-refractivity contribution in [3.63, 3.8) is 0 Å². The van der Waals surface area contributed by atoms with Crippen molar-refractivity contribution in [2.75, 3.05) is 7.05 Å². The van der Waals surface area contributed by atoms with Gasteiger partial charge in [-0.1, -0.05) is 12.1 Å². The van der Waals surface area contributed by atoms with Gasteiger partial charge in [0.1, 0.15) is 5.82 Å². The van der Waals surface area contributed by atoms with Crippen LogP contribution in [0.1, 0.15) is 16.5 Å². The monoisotopic (exact) mass is 313 g/mol. The van der Waals surface area contributed by atoms with Crippen molar-refractivity contribution < 1.29 is 4.39 Å². The predicted octanol–water partition coefficient (Wildman–Crippen LogP) is 4.15. The molecule has 1 unspecified atom stereocenters. The minimum atomic E-state index is -0.192. The Hall–Kier alpha value is -0.710. The SMILES string of the molecule is CNC(Cc1ccc(Br)s1)c1ccc(F)cc1. The maximum atomic E-state index is 12.9. The lowest BCUT2D eigenvalue weighted by Gasteiger charge is -2.15. The molecule has 1 N–H and O–H groups in total. The summed E-state index contributed by atoms with van der Waals surface area (Å²) in [4.78, 5) is 1.31. The first-order chi connectivity index (χ1) is 8.19. The molecule has 0 aliphatic heterocycles. The van der Waals surface area contributed by atoms with Crippen LogP contribution in [0.2, 0.25) is 0 Å². The Morgan fingerprint density at radius 2 is 1.94 bits per heavy atom. The van der Waals surface area contributed by atoms with Crippen LogP contribution >= 0.6 is 27.3 Å². The van der Waals surface area contributed by atoms with E-state index in [0.29, 0.717) is 0 Å². The minimum absolute atomic E-state index is 0.192. The highest BCUT2D eigenvalue weighted by atomic mass is 79.9. The highest BCUT2D eigenvalue weighted by molar-refractivity contribution is 9.11. The highest BCUT2D eigenvalue weighted by Crippen LogP contribution is 2.26.